The molecule has 2 aromatic rings. The predicted molar refractivity (Wildman–Crippen MR) is 90.8 cm³/mol. The lowest BCUT2D eigenvalue weighted by Gasteiger charge is -2.19. The lowest BCUT2D eigenvalue weighted by molar-refractivity contribution is 0.117. The first-order valence-corrected chi connectivity index (χ1v) is 8.31. The largest absolute Gasteiger partial charge is 0.440 e. The summed E-state index contributed by atoms with van der Waals surface area (Å²) in [5.41, 5.74) is 2.46. The van der Waals surface area contributed by atoms with Crippen LogP contribution in [-0.4, -0.2) is 16.6 Å². The smallest absolute Gasteiger partial charge is 0.259 e. The van der Waals surface area contributed by atoms with E-state index in [1.165, 1.54) is 12.8 Å². The van der Waals surface area contributed by atoms with Gasteiger partial charge in [0.2, 0.25) is 5.88 Å². The molecular weight excluding hydrogens is 312 g/mol. The van der Waals surface area contributed by atoms with Crippen molar-refractivity contribution in [2.75, 3.05) is 6.61 Å². The van der Waals surface area contributed by atoms with Crippen LogP contribution in [0.4, 0.5) is 0 Å². The van der Waals surface area contributed by atoms with E-state index in [1.807, 2.05) is 18.2 Å². The molecular formula is C17H20N2O3S. The molecule has 0 amide bonds. The summed E-state index contributed by atoms with van der Waals surface area (Å²) in [5.74, 6) is 1.19. The molecule has 0 atom stereocenters. The molecule has 0 saturated heterocycles. The Labute approximate surface area is 139 Å². The molecule has 0 fully saturated rings. The minimum atomic E-state index is -0.199. The van der Waals surface area contributed by atoms with E-state index in [4.69, 9.17) is 21.7 Å². The average molecular weight is 332 g/mol. The van der Waals surface area contributed by atoms with Crippen molar-refractivity contribution < 1.29 is 9.47 Å². The fourth-order valence-corrected chi connectivity index (χ4v) is 2.83. The second-order valence-electron chi connectivity index (χ2n) is 5.70. The third-order valence-corrected chi connectivity index (χ3v) is 4.07. The van der Waals surface area contributed by atoms with Crippen LogP contribution in [0.2, 0.25) is 0 Å². The summed E-state index contributed by atoms with van der Waals surface area (Å²) < 4.78 is 11.7. The first-order chi connectivity index (χ1) is 11.2. The van der Waals surface area contributed by atoms with E-state index >= 15 is 0 Å². The molecule has 0 bridgehead atoms. The Kier molecular flexibility index (Phi) is 4.93. The first-order valence-electron chi connectivity index (χ1n) is 7.90. The molecule has 0 radical (unpaired) electrons. The van der Waals surface area contributed by atoms with E-state index in [0.29, 0.717) is 24.5 Å². The van der Waals surface area contributed by atoms with Crippen LogP contribution in [0.5, 0.6) is 11.6 Å². The van der Waals surface area contributed by atoms with Gasteiger partial charge in [-0.3, -0.25) is 9.78 Å². The van der Waals surface area contributed by atoms with Gasteiger partial charge in [-0.05, 0) is 41.9 Å². The maximum Gasteiger partial charge on any atom is 0.259 e. The van der Waals surface area contributed by atoms with Crippen LogP contribution in [0.25, 0.3) is 0 Å². The zero-order valence-electron chi connectivity index (χ0n) is 13.1. The van der Waals surface area contributed by atoms with Crippen LogP contribution in [-0.2, 0) is 17.8 Å². The second-order valence-corrected chi connectivity index (χ2v) is 6.10. The molecule has 0 saturated carbocycles. The number of hydrogen-bond donors (Lipinski definition) is 2. The molecule has 2 N–H and O–H groups in total. The Hall–Kier alpha value is -1.92. The number of hydrogen-bond acceptors (Lipinski definition) is 4. The van der Waals surface area contributed by atoms with E-state index in [9.17, 15) is 4.79 Å². The Morgan fingerprint density at radius 1 is 1.30 bits per heavy atom. The summed E-state index contributed by atoms with van der Waals surface area (Å²) in [6.07, 6.45) is 4.00. The van der Waals surface area contributed by atoms with Gasteiger partial charge in [-0.2, -0.15) is 0 Å². The van der Waals surface area contributed by atoms with Gasteiger partial charge in [0.25, 0.3) is 5.56 Å². The summed E-state index contributed by atoms with van der Waals surface area (Å²) in [5, 5.41) is 0. The fraction of sp³-hybridized carbons (Fsp3) is 0.412. The molecule has 0 spiro atoms. The molecule has 5 nitrogen and oxygen atoms in total. The minimum absolute atomic E-state index is 0.199. The van der Waals surface area contributed by atoms with E-state index in [1.54, 1.807) is 0 Å². The van der Waals surface area contributed by atoms with Crippen LogP contribution in [0.15, 0.2) is 23.0 Å². The first kappa shape index (κ1) is 16.0. The Bertz CT molecular complexity index is 810. The van der Waals surface area contributed by atoms with Crippen molar-refractivity contribution in [1.82, 2.24) is 9.97 Å². The molecule has 2 heterocycles. The summed E-state index contributed by atoms with van der Waals surface area (Å²) in [4.78, 5) is 17.5. The van der Waals surface area contributed by atoms with Gasteiger partial charge in [-0.1, -0.05) is 25.8 Å². The zero-order valence-corrected chi connectivity index (χ0v) is 13.9. The van der Waals surface area contributed by atoms with Gasteiger partial charge in [0.15, 0.2) is 4.77 Å². The molecule has 1 aliphatic heterocycles. The number of H-pyrrole nitrogens is 2. The van der Waals surface area contributed by atoms with Crippen molar-refractivity contribution in [1.29, 1.82) is 0 Å². The third kappa shape index (κ3) is 3.71. The van der Waals surface area contributed by atoms with Crippen molar-refractivity contribution in [3.8, 4) is 11.6 Å². The summed E-state index contributed by atoms with van der Waals surface area (Å²) in [7, 11) is 0. The highest BCUT2D eigenvalue weighted by Crippen LogP contribution is 2.33. The zero-order chi connectivity index (χ0) is 16.2. The number of aromatic amines is 2. The van der Waals surface area contributed by atoms with Crippen LogP contribution >= 0.6 is 12.2 Å². The Morgan fingerprint density at radius 3 is 3.00 bits per heavy atom. The van der Waals surface area contributed by atoms with Crippen molar-refractivity contribution in [3.63, 3.8) is 0 Å². The number of benzene rings is 1. The van der Waals surface area contributed by atoms with E-state index < -0.39 is 0 Å². The van der Waals surface area contributed by atoms with Gasteiger partial charge in [0.05, 0.1) is 12.2 Å². The summed E-state index contributed by atoms with van der Waals surface area (Å²) in [6.45, 7) is 3.54. The van der Waals surface area contributed by atoms with Crippen molar-refractivity contribution in [2.45, 2.75) is 39.2 Å². The monoisotopic (exact) mass is 332 g/mol. The molecule has 6 heteroatoms. The third-order valence-electron chi connectivity index (χ3n) is 3.87. The second kappa shape index (κ2) is 7.10. The quantitative estimate of drug-likeness (QED) is 0.532. The number of ether oxygens (including phenoxy) is 2. The SMILES string of the molecule is CCCCCOCc1ccc2c(c1)Cc1c([nH]c(=S)[nH]c1=O)O2. The number of aromatic nitrogens is 2. The molecule has 23 heavy (non-hydrogen) atoms. The van der Waals surface area contributed by atoms with E-state index in [0.717, 1.165) is 29.9 Å². The molecule has 0 unspecified atom stereocenters. The number of rotatable bonds is 6. The van der Waals surface area contributed by atoms with Crippen molar-refractivity contribution >= 4 is 12.2 Å². The molecule has 1 aromatic heterocycles. The normalized spacial score (nSPS) is 12.4. The summed E-state index contributed by atoms with van der Waals surface area (Å²) in [6, 6.07) is 5.95. The number of fused-ring (bicyclic) bond motifs is 2. The molecule has 1 aliphatic rings. The Balaban J connectivity index is 1.73. The minimum Gasteiger partial charge on any atom is -0.440 e. The van der Waals surface area contributed by atoms with Crippen molar-refractivity contribution in [3.05, 3.63) is 50.0 Å². The van der Waals surface area contributed by atoms with Gasteiger partial charge < -0.3 is 14.5 Å². The van der Waals surface area contributed by atoms with Crippen LogP contribution in [0.3, 0.4) is 0 Å². The maximum absolute atomic E-state index is 12.0. The van der Waals surface area contributed by atoms with Crippen LogP contribution < -0.4 is 10.3 Å². The Morgan fingerprint density at radius 2 is 2.17 bits per heavy atom. The van der Waals surface area contributed by atoms with E-state index in [-0.39, 0.29) is 10.3 Å². The van der Waals surface area contributed by atoms with Gasteiger partial charge in [0, 0.05) is 13.0 Å². The highest BCUT2D eigenvalue weighted by Gasteiger charge is 2.20. The number of unbranched alkanes of at least 4 members (excludes halogenated alkanes) is 2. The van der Waals surface area contributed by atoms with Gasteiger partial charge in [-0.15, -0.1) is 0 Å². The summed E-state index contributed by atoms with van der Waals surface area (Å²) >= 11 is 4.97. The molecule has 3 rings (SSSR count). The van der Waals surface area contributed by atoms with Crippen LogP contribution in [0, 0.1) is 4.77 Å². The number of nitrogens with one attached hydrogen (secondary N) is 2. The molecule has 0 aliphatic carbocycles. The predicted octanol–water partition coefficient (Wildman–Crippen LogP) is 3.84. The van der Waals surface area contributed by atoms with E-state index in [2.05, 4.69) is 16.9 Å². The highest BCUT2D eigenvalue weighted by atomic mass is 32.1. The van der Waals surface area contributed by atoms with Crippen LogP contribution in [0.1, 0.15) is 42.9 Å². The van der Waals surface area contributed by atoms with Gasteiger partial charge in [-0.25, -0.2) is 0 Å². The lowest BCUT2D eigenvalue weighted by atomic mass is 10.0. The fourth-order valence-electron chi connectivity index (χ4n) is 2.64. The lowest BCUT2D eigenvalue weighted by Crippen LogP contribution is -2.19. The molecule has 1 aromatic carbocycles. The average Bonchev–Trinajstić information content (AvgIpc) is 2.53. The van der Waals surface area contributed by atoms with Crippen molar-refractivity contribution in [2.24, 2.45) is 0 Å². The maximum atomic E-state index is 12.0. The topological polar surface area (TPSA) is 67.1 Å². The standard InChI is InChI=1S/C17H20N2O3S/c1-2-3-4-7-21-10-11-5-6-14-12(8-11)9-13-15(20)18-17(23)19-16(13)22-14/h5-6,8H,2-4,7,9-10H2,1H3,(H2,18,19,20,23). The van der Waals surface area contributed by atoms with Gasteiger partial charge >= 0.3 is 0 Å². The highest BCUT2D eigenvalue weighted by molar-refractivity contribution is 7.71. The van der Waals surface area contributed by atoms with Gasteiger partial charge in [0.1, 0.15) is 5.75 Å². The molecule has 122 valence electrons.